The number of nitrogens with one attached hydrogen (secondary N) is 2. The molecule has 9 nitrogen and oxygen atoms in total. The van der Waals surface area contributed by atoms with Gasteiger partial charge in [-0.1, -0.05) is 30.3 Å². The van der Waals surface area contributed by atoms with E-state index < -0.39 is 35.9 Å². The van der Waals surface area contributed by atoms with Crippen molar-refractivity contribution in [2.75, 3.05) is 5.32 Å². The Morgan fingerprint density at radius 2 is 1.74 bits per heavy atom. The fourth-order valence-electron chi connectivity index (χ4n) is 3.24. The number of aryl methyl sites for hydroxylation is 1. The van der Waals surface area contributed by atoms with Crippen LogP contribution in [0.1, 0.15) is 41.6 Å². The maximum atomic E-state index is 14.0. The zero-order valence-electron chi connectivity index (χ0n) is 19.1. The second kappa shape index (κ2) is 10.2. The molecule has 0 saturated heterocycles. The summed E-state index contributed by atoms with van der Waals surface area (Å²) in [5.74, 6) is -2.13. The van der Waals surface area contributed by atoms with Gasteiger partial charge in [0.25, 0.3) is 5.91 Å². The summed E-state index contributed by atoms with van der Waals surface area (Å²) in [6.07, 6.45) is -1.58. The van der Waals surface area contributed by atoms with Crippen LogP contribution >= 0.6 is 0 Å². The molecule has 0 saturated carbocycles. The number of benzene rings is 2. The molecule has 0 radical (unpaired) electrons. The molecule has 0 fully saturated rings. The number of carbonyl (C=O) groups is 3. The van der Waals surface area contributed by atoms with E-state index in [9.17, 15) is 18.8 Å². The Labute approximate surface area is 195 Å². The number of ether oxygens (including phenoxy) is 1. The first-order chi connectivity index (χ1) is 16.1. The van der Waals surface area contributed by atoms with E-state index in [4.69, 9.17) is 9.84 Å². The average Bonchev–Trinajstić information content (AvgIpc) is 3.07. The van der Waals surface area contributed by atoms with Gasteiger partial charge in [0.2, 0.25) is 0 Å². The third kappa shape index (κ3) is 5.40. The number of anilines is 1. The van der Waals surface area contributed by atoms with Crippen LogP contribution in [-0.2, 0) is 16.6 Å². The quantitative estimate of drug-likeness (QED) is 0.481. The van der Waals surface area contributed by atoms with Gasteiger partial charge in [-0.2, -0.15) is 5.10 Å². The van der Waals surface area contributed by atoms with Crippen LogP contribution in [0.4, 0.5) is 14.9 Å². The van der Waals surface area contributed by atoms with Gasteiger partial charge in [-0.15, -0.1) is 0 Å². The second-order valence-electron chi connectivity index (χ2n) is 7.74. The molecule has 2 aromatic carbocycles. The molecule has 0 spiro atoms. The molecule has 0 aliphatic carbocycles. The van der Waals surface area contributed by atoms with Gasteiger partial charge in [-0.25, -0.2) is 9.18 Å². The fourth-order valence-corrected chi connectivity index (χ4v) is 3.24. The molecule has 0 aliphatic rings. The number of carbonyl (C=O) groups excluding carboxylic acids is 2. The summed E-state index contributed by atoms with van der Waals surface area (Å²) >= 11 is 0. The Morgan fingerprint density at radius 1 is 1.09 bits per heavy atom. The summed E-state index contributed by atoms with van der Waals surface area (Å²) < 4.78 is 20.9. The fraction of sp³-hybridized carbons (Fsp3) is 0.250. The normalized spacial score (nSPS) is 12.5. The minimum absolute atomic E-state index is 0.256. The van der Waals surface area contributed by atoms with E-state index in [1.165, 1.54) is 25.1 Å². The minimum Gasteiger partial charge on any atom is -0.480 e. The Morgan fingerprint density at radius 3 is 2.35 bits per heavy atom. The molecular weight excluding hydrogens is 443 g/mol. The van der Waals surface area contributed by atoms with Crippen molar-refractivity contribution in [3.05, 3.63) is 71.2 Å². The highest BCUT2D eigenvalue weighted by Crippen LogP contribution is 2.31. The topological polar surface area (TPSA) is 123 Å². The summed E-state index contributed by atoms with van der Waals surface area (Å²) in [5.41, 5.74) is 2.65. The largest absolute Gasteiger partial charge is 0.480 e. The first kappa shape index (κ1) is 24.4. The lowest BCUT2D eigenvalue weighted by molar-refractivity contribution is -0.138. The molecule has 1 aromatic heterocycles. The number of hydrogen-bond acceptors (Lipinski definition) is 5. The second-order valence-corrected chi connectivity index (χ2v) is 7.74. The number of aromatic nitrogens is 2. The Kier molecular flexibility index (Phi) is 7.30. The molecular formula is C24H25FN4O5. The molecule has 3 rings (SSSR count). The third-order valence-electron chi connectivity index (χ3n) is 5.33. The van der Waals surface area contributed by atoms with Crippen molar-refractivity contribution < 1.29 is 28.6 Å². The third-order valence-corrected chi connectivity index (χ3v) is 5.33. The lowest BCUT2D eigenvalue weighted by Crippen LogP contribution is -2.38. The molecule has 10 heteroatoms. The van der Waals surface area contributed by atoms with E-state index in [-0.39, 0.29) is 11.1 Å². The van der Waals surface area contributed by atoms with Crippen molar-refractivity contribution in [1.29, 1.82) is 0 Å². The zero-order chi connectivity index (χ0) is 25.0. The monoisotopic (exact) mass is 468 g/mol. The molecule has 178 valence electrons. The van der Waals surface area contributed by atoms with Gasteiger partial charge in [-0.05, 0) is 39.0 Å². The van der Waals surface area contributed by atoms with Gasteiger partial charge in [0.1, 0.15) is 23.7 Å². The van der Waals surface area contributed by atoms with Gasteiger partial charge in [-0.3, -0.25) is 19.6 Å². The highest BCUT2D eigenvalue weighted by molar-refractivity contribution is 5.97. The van der Waals surface area contributed by atoms with Crippen molar-refractivity contribution in [3.8, 4) is 11.3 Å². The van der Waals surface area contributed by atoms with Crippen molar-refractivity contribution in [3.63, 3.8) is 0 Å². The highest BCUT2D eigenvalue weighted by atomic mass is 19.1. The van der Waals surface area contributed by atoms with Gasteiger partial charge >= 0.3 is 12.1 Å². The van der Waals surface area contributed by atoms with Crippen LogP contribution in [0, 0.1) is 12.7 Å². The molecule has 2 unspecified atom stereocenters. The molecule has 2 amide bonds. The van der Waals surface area contributed by atoms with E-state index in [1.807, 2.05) is 0 Å². The minimum atomic E-state index is -1.14. The number of amides is 2. The van der Waals surface area contributed by atoms with E-state index in [1.54, 1.807) is 55.9 Å². The maximum Gasteiger partial charge on any atom is 0.412 e. The number of carboxylic acid groups (broad SMARTS) is 1. The predicted molar refractivity (Wildman–Crippen MR) is 123 cm³/mol. The van der Waals surface area contributed by atoms with Crippen molar-refractivity contribution in [2.45, 2.75) is 32.9 Å². The molecule has 0 aliphatic heterocycles. The maximum absolute atomic E-state index is 14.0. The number of halogens is 1. The van der Waals surface area contributed by atoms with Gasteiger partial charge in [0, 0.05) is 23.7 Å². The summed E-state index contributed by atoms with van der Waals surface area (Å²) in [5, 5.41) is 18.5. The van der Waals surface area contributed by atoms with E-state index >= 15 is 0 Å². The summed E-state index contributed by atoms with van der Waals surface area (Å²) in [7, 11) is 1.71. The van der Waals surface area contributed by atoms with Crippen molar-refractivity contribution in [2.24, 2.45) is 7.05 Å². The summed E-state index contributed by atoms with van der Waals surface area (Å²) in [4.78, 5) is 35.7. The Bertz CT molecular complexity index is 1220. The van der Waals surface area contributed by atoms with Gasteiger partial charge in [0.05, 0.1) is 11.4 Å². The van der Waals surface area contributed by atoms with Crippen LogP contribution < -0.4 is 10.6 Å². The number of nitrogens with zero attached hydrogens (tertiary/aromatic N) is 2. The molecule has 1 heterocycles. The van der Waals surface area contributed by atoms with Crippen LogP contribution in [0.5, 0.6) is 0 Å². The van der Waals surface area contributed by atoms with Crippen molar-refractivity contribution >= 4 is 23.7 Å². The van der Waals surface area contributed by atoms with E-state index in [2.05, 4.69) is 15.7 Å². The van der Waals surface area contributed by atoms with Crippen LogP contribution in [0.15, 0.2) is 48.5 Å². The molecule has 3 aromatic rings. The first-order valence-corrected chi connectivity index (χ1v) is 10.5. The average molecular weight is 468 g/mol. The predicted octanol–water partition coefficient (Wildman–Crippen LogP) is 4.05. The molecule has 34 heavy (non-hydrogen) atoms. The number of rotatable bonds is 7. The molecule has 0 bridgehead atoms. The molecule has 2 atom stereocenters. The standard InChI is InChI=1S/C24H25FN4O5/c1-13(23(31)32)26-22(30)17-11-9-16(10-12-17)21-20(14(2)29(4)28-21)27-24(33)34-15(3)18-7-5-6-8-19(18)25/h5-13,15H,1-4H3,(H,26,30)(H,27,33)(H,31,32). The smallest absolute Gasteiger partial charge is 0.412 e. The van der Waals surface area contributed by atoms with Gasteiger partial charge < -0.3 is 15.2 Å². The van der Waals surface area contributed by atoms with E-state index in [0.29, 0.717) is 22.6 Å². The van der Waals surface area contributed by atoms with Crippen LogP contribution in [0.3, 0.4) is 0 Å². The van der Waals surface area contributed by atoms with Crippen LogP contribution in [0.2, 0.25) is 0 Å². The highest BCUT2D eigenvalue weighted by Gasteiger charge is 2.21. The lowest BCUT2D eigenvalue weighted by Gasteiger charge is -2.15. The summed E-state index contributed by atoms with van der Waals surface area (Å²) in [6, 6.07) is 11.4. The Hall–Kier alpha value is -4.21. The lowest BCUT2D eigenvalue weighted by atomic mass is 10.1. The van der Waals surface area contributed by atoms with Crippen LogP contribution in [-0.4, -0.2) is 38.9 Å². The SMILES string of the molecule is Cc1c(NC(=O)OC(C)c2ccccc2F)c(-c2ccc(C(=O)NC(C)C(=O)O)cc2)nn1C. The number of aliphatic carboxylic acids is 1. The zero-order valence-corrected chi connectivity index (χ0v) is 19.1. The van der Waals surface area contributed by atoms with Gasteiger partial charge in [0.15, 0.2) is 0 Å². The Balaban J connectivity index is 1.78. The van der Waals surface area contributed by atoms with Crippen LogP contribution in [0.25, 0.3) is 11.3 Å². The van der Waals surface area contributed by atoms with E-state index in [0.717, 1.165) is 0 Å². The molecule has 3 N–H and O–H groups in total. The summed E-state index contributed by atoms with van der Waals surface area (Å²) in [6.45, 7) is 4.71. The first-order valence-electron chi connectivity index (χ1n) is 10.5. The van der Waals surface area contributed by atoms with Crippen molar-refractivity contribution in [1.82, 2.24) is 15.1 Å². The number of carboxylic acids is 1. The number of hydrogen-bond donors (Lipinski definition) is 3.